The SMILES string of the molecule is CC(=O)Oc1ccccc1C(=O)OCC(=O)OCCCCBr.CC(=O)Oc1ccccc1C(=O)OCC(=O)OCCCCO[N+](=O)[O-]. The van der Waals surface area contributed by atoms with Gasteiger partial charge in [0.2, 0.25) is 0 Å². The Morgan fingerprint density at radius 3 is 1.45 bits per heavy atom. The second-order valence-corrected chi connectivity index (χ2v) is 9.73. The normalized spacial score (nSPS) is 9.85. The molecular weight excluding hydrogens is 694 g/mol. The number of hydrogen-bond donors (Lipinski definition) is 0. The molecule has 256 valence electrons. The Labute approximate surface area is 277 Å². The number of rotatable bonds is 18. The molecule has 0 unspecified atom stereocenters. The average molecular weight is 728 g/mol. The Bertz CT molecular complexity index is 1360. The van der Waals surface area contributed by atoms with E-state index in [9.17, 15) is 38.9 Å². The minimum atomic E-state index is -0.904. The quantitative estimate of drug-likeness (QED) is 0.0407. The van der Waals surface area contributed by atoms with Gasteiger partial charge < -0.3 is 33.3 Å². The Kier molecular flexibility index (Phi) is 19.8. The maximum atomic E-state index is 11.9. The Morgan fingerprint density at radius 2 is 1.04 bits per heavy atom. The number of nitrogens with zero attached hydrogens (tertiary/aromatic N) is 1. The number of para-hydroxylation sites is 2. The third kappa shape index (κ3) is 18.5. The van der Waals surface area contributed by atoms with Crippen molar-refractivity contribution in [1.82, 2.24) is 0 Å². The summed E-state index contributed by atoms with van der Waals surface area (Å²) in [5, 5.41) is 9.85. The van der Waals surface area contributed by atoms with Crippen molar-refractivity contribution in [3.63, 3.8) is 0 Å². The first kappa shape index (κ1) is 40.0. The van der Waals surface area contributed by atoms with E-state index in [0.717, 1.165) is 18.2 Å². The molecule has 0 heterocycles. The molecular formula is C30H34BrNO15. The molecule has 0 N–H and O–H groups in total. The van der Waals surface area contributed by atoms with Crippen LogP contribution in [0.4, 0.5) is 0 Å². The van der Waals surface area contributed by atoms with Gasteiger partial charge in [0, 0.05) is 19.2 Å². The van der Waals surface area contributed by atoms with Gasteiger partial charge in [-0.3, -0.25) is 9.59 Å². The number of carbonyl (C=O) groups excluding carboxylic acids is 6. The molecule has 0 saturated heterocycles. The number of esters is 6. The van der Waals surface area contributed by atoms with Crippen molar-refractivity contribution in [2.75, 3.05) is 38.4 Å². The number of benzene rings is 2. The molecule has 0 atom stereocenters. The predicted octanol–water partition coefficient (Wildman–Crippen LogP) is 3.79. The van der Waals surface area contributed by atoms with Gasteiger partial charge in [0.25, 0.3) is 5.09 Å². The maximum Gasteiger partial charge on any atom is 0.344 e. The molecule has 47 heavy (non-hydrogen) atoms. The van der Waals surface area contributed by atoms with Crippen LogP contribution >= 0.6 is 15.9 Å². The van der Waals surface area contributed by atoms with Crippen molar-refractivity contribution in [3.05, 3.63) is 69.8 Å². The van der Waals surface area contributed by atoms with Gasteiger partial charge in [-0.15, -0.1) is 10.1 Å². The lowest BCUT2D eigenvalue weighted by Crippen LogP contribution is -2.18. The minimum Gasteiger partial charge on any atom is -0.463 e. The van der Waals surface area contributed by atoms with Gasteiger partial charge in [0.1, 0.15) is 22.6 Å². The van der Waals surface area contributed by atoms with Crippen LogP contribution in [0.2, 0.25) is 0 Å². The molecule has 0 bridgehead atoms. The van der Waals surface area contributed by atoms with E-state index in [0.29, 0.717) is 12.8 Å². The van der Waals surface area contributed by atoms with Crippen molar-refractivity contribution in [2.45, 2.75) is 39.5 Å². The fraction of sp³-hybridized carbons (Fsp3) is 0.400. The summed E-state index contributed by atoms with van der Waals surface area (Å²) in [5.41, 5.74) is 0.0761. The molecule has 0 aliphatic rings. The summed E-state index contributed by atoms with van der Waals surface area (Å²) in [6.07, 6.45) is 2.33. The highest BCUT2D eigenvalue weighted by Gasteiger charge is 2.18. The lowest BCUT2D eigenvalue weighted by Gasteiger charge is -2.09. The van der Waals surface area contributed by atoms with Crippen LogP contribution in [-0.4, -0.2) is 79.3 Å². The molecule has 0 fully saturated rings. The Morgan fingerprint density at radius 1 is 0.638 bits per heavy atom. The van der Waals surface area contributed by atoms with E-state index in [1.807, 2.05) is 0 Å². The first-order valence-corrected chi connectivity index (χ1v) is 15.1. The molecule has 0 amide bonds. The predicted molar refractivity (Wildman–Crippen MR) is 163 cm³/mol. The Balaban J connectivity index is 0.000000474. The topological polar surface area (TPSA) is 210 Å². The summed E-state index contributed by atoms with van der Waals surface area (Å²) in [7, 11) is 0. The van der Waals surface area contributed by atoms with Crippen LogP contribution in [0.3, 0.4) is 0 Å². The lowest BCUT2D eigenvalue weighted by molar-refractivity contribution is -0.757. The van der Waals surface area contributed by atoms with E-state index in [-0.39, 0.29) is 42.4 Å². The lowest BCUT2D eigenvalue weighted by atomic mass is 10.2. The zero-order chi connectivity index (χ0) is 35.0. The maximum absolute atomic E-state index is 11.9. The fourth-order valence-corrected chi connectivity index (χ4v) is 3.55. The molecule has 17 heteroatoms. The number of halogens is 1. The monoisotopic (exact) mass is 727 g/mol. The van der Waals surface area contributed by atoms with E-state index >= 15 is 0 Å². The molecule has 2 aromatic carbocycles. The zero-order valence-corrected chi connectivity index (χ0v) is 27.2. The van der Waals surface area contributed by atoms with Crippen LogP contribution in [0.1, 0.15) is 60.2 Å². The first-order valence-electron chi connectivity index (χ1n) is 14.0. The van der Waals surface area contributed by atoms with Crippen molar-refractivity contribution >= 4 is 51.7 Å². The van der Waals surface area contributed by atoms with E-state index < -0.39 is 54.1 Å². The molecule has 2 rings (SSSR count). The summed E-state index contributed by atoms with van der Waals surface area (Å²) in [6.45, 7) is 1.53. The van der Waals surface area contributed by atoms with Crippen molar-refractivity contribution in [3.8, 4) is 11.5 Å². The van der Waals surface area contributed by atoms with Gasteiger partial charge in [-0.1, -0.05) is 40.2 Å². The molecule has 0 aliphatic heterocycles. The summed E-state index contributed by atoms with van der Waals surface area (Å²) >= 11 is 3.27. The van der Waals surface area contributed by atoms with Crippen LogP contribution < -0.4 is 9.47 Å². The third-order valence-corrected chi connectivity index (χ3v) is 5.71. The van der Waals surface area contributed by atoms with E-state index in [4.69, 9.17) is 28.4 Å². The number of unbranched alkanes of at least 4 members (excludes halogenated alkanes) is 2. The highest BCUT2D eigenvalue weighted by molar-refractivity contribution is 9.09. The molecule has 0 radical (unpaired) electrons. The summed E-state index contributed by atoms with van der Waals surface area (Å²) < 4.78 is 29.1. The number of ether oxygens (including phenoxy) is 6. The third-order valence-electron chi connectivity index (χ3n) is 5.15. The minimum absolute atomic E-state index is 0.00225. The van der Waals surface area contributed by atoms with Crippen LogP contribution in [-0.2, 0) is 43.0 Å². The molecule has 2 aromatic rings. The molecule has 0 aliphatic carbocycles. The van der Waals surface area contributed by atoms with Crippen LogP contribution in [0, 0.1) is 10.1 Å². The summed E-state index contributed by atoms with van der Waals surface area (Å²) in [6, 6.07) is 12.1. The number of carbonyl (C=O) groups is 6. The second kappa shape index (κ2) is 23.3. The second-order valence-electron chi connectivity index (χ2n) is 8.93. The smallest absolute Gasteiger partial charge is 0.344 e. The van der Waals surface area contributed by atoms with Crippen LogP contribution in [0.25, 0.3) is 0 Å². The van der Waals surface area contributed by atoms with Gasteiger partial charge in [0.05, 0.1) is 19.8 Å². The van der Waals surface area contributed by atoms with Gasteiger partial charge in [-0.25, -0.2) is 19.2 Å². The van der Waals surface area contributed by atoms with Gasteiger partial charge in [-0.05, 0) is 49.9 Å². The van der Waals surface area contributed by atoms with Crippen molar-refractivity contribution < 1.29 is 67.1 Å². The molecule has 16 nitrogen and oxygen atoms in total. The van der Waals surface area contributed by atoms with Gasteiger partial charge in [0.15, 0.2) is 13.2 Å². The number of alkyl halides is 1. The highest BCUT2D eigenvalue weighted by Crippen LogP contribution is 2.20. The Hall–Kier alpha value is -5.06. The van der Waals surface area contributed by atoms with Crippen LogP contribution in [0.5, 0.6) is 11.5 Å². The van der Waals surface area contributed by atoms with E-state index in [1.165, 1.54) is 38.1 Å². The molecule has 0 spiro atoms. The number of hydrogen-bond acceptors (Lipinski definition) is 15. The van der Waals surface area contributed by atoms with E-state index in [2.05, 4.69) is 20.8 Å². The molecule has 0 saturated carbocycles. The summed E-state index contributed by atoms with van der Waals surface area (Å²) in [4.78, 5) is 82.7. The summed E-state index contributed by atoms with van der Waals surface area (Å²) in [5.74, 6) is -4.01. The molecule has 0 aromatic heterocycles. The van der Waals surface area contributed by atoms with Crippen LogP contribution in [0.15, 0.2) is 48.5 Å². The van der Waals surface area contributed by atoms with E-state index in [1.54, 1.807) is 24.3 Å². The van der Waals surface area contributed by atoms with Crippen molar-refractivity contribution in [1.29, 1.82) is 0 Å². The van der Waals surface area contributed by atoms with Crippen molar-refractivity contribution in [2.24, 2.45) is 0 Å². The highest BCUT2D eigenvalue weighted by atomic mass is 79.9. The average Bonchev–Trinajstić information content (AvgIpc) is 3.02. The standard InChI is InChI=1S/C15H17BrO6.C15H17NO9/c1-11(17)22-13-7-3-2-6-12(13)15(19)21-10-14(18)20-9-5-4-8-16;1-11(17)25-13-7-3-2-6-12(13)15(19)23-10-14(18)22-8-4-5-9-24-16(20)21/h2-3,6-7H,4-5,8-10H2,1H3;2-3,6-7H,4-5,8-10H2,1H3. The first-order chi connectivity index (χ1) is 22.4. The fourth-order valence-electron chi connectivity index (χ4n) is 3.16. The van der Waals surface area contributed by atoms with Gasteiger partial charge >= 0.3 is 35.8 Å². The largest absolute Gasteiger partial charge is 0.463 e. The zero-order valence-electron chi connectivity index (χ0n) is 25.6. The van der Waals surface area contributed by atoms with Gasteiger partial charge in [-0.2, -0.15) is 0 Å².